The van der Waals surface area contributed by atoms with Gasteiger partial charge in [0.1, 0.15) is 0 Å². The lowest BCUT2D eigenvalue weighted by Gasteiger charge is -2.03. The standard InChI is InChI=1S/C14H19N/c1-2-3-4-11-5-7-12(8-6-11)14(15)13-9-10-13/h5-8H,2-4,9-10,15H2,1H3. The monoisotopic (exact) mass is 201 g/mol. The molecular formula is C14H19N. The highest BCUT2D eigenvalue weighted by atomic mass is 14.6. The smallest absolute Gasteiger partial charge is 0.0379 e. The van der Waals surface area contributed by atoms with Crippen LogP contribution in [0, 0.1) is 0 Å². The summed E-state index contributed by atoms with van der Waals surface area (Å²) >= 11 is 0. The maximum absolute atomic E-state index is 6.03. The van der Waals surface area contributed by atoms with Crippen LogP contribution >= 0.6 is 0 Å². The molecule has 0 spiro atoms. The van der Waals surface area contributed by atoms with Gasteiger partial charge in [-0.25, -0.2) is 0 Å². The van der Waals surface area contributed by atoms with Crippen LogP contribution in [0.5, 0.6) is 0 Å². The predicted molar refractivity (Wildman–Crippen MR) is 65.4 cm³/mol. The maximum atomic E-state index is 6.03. The highest BCUT2D eigenvalue weighted by molar-refractivity contribution is 5.68. The summed E-state index contributed by atoms with van der Waals surface area (Å²) in [5.74, 6) is 0. The van der Waals surface area contributed by atoms with E-state index < -0.39 is 0 Å². The zero-order chi connectivity index (χ0) is 10.7. The summed E-state index contributed by atoms with van der Waals surface area (Å²) in [7, 11) is 0. The van der Waals surface area contributed by atoms with E-state index >= 15 is 0 Å². The molecule has 2 rings (SSSR count). The molecule has 0 bridgehead atoms. The first-order chi connectivity index (χ1) is 7.31. The van der Waals surface area contributed by atoms with Crippen molar-refractivity contribution in [1.29, 1.82) is 0 Å². The van der Waals surface area contributed by atoms with Crippen LogP contribution in [-0.2, 0) is 6.42 Å². The number of nitrogens with two attached hydrogens (primary N) is 1. The fraction of sp³-hybridized carbons (Fsp3) is 0.429. The largest absolute Gasteiger partial charge is 0.398 e. The third-order valence-electron chi connectivity index (χ3n) is 2.96. The Morgan fingerprint density at radius 1 is 1.20 bits per heavy atom. The summed E-state index contributed by atoms with van der Waals surface area (Å²) in [4.78, 5) is 0. The van der Waals surface area contributed by atoms with E-state index in [0.717, 1.165) is 5.70 Å². The van der Waals surface area contributed by atoms with Gasteiger partial charge in [-0.3, -0.25) is 0 Å². The molecule has 1 aromatic carbocycles. The normalized spacial score (nSPS) is 14.1. The van der Waals surface area contributed by atoms with Crippen molar-refractivity contribution in [3.8, 4) is 0 Å². The van der Waals surface area contributed by atoms with Crippen molar-refractivity contribution < 1.29 is 0 Å². The molecule has 0 amide bonds. The van der Waals surface area contributed by atoms with Crippen LogP contribution in [0.15, 0.2) is 29.8 Å². The first-order valence-electron chi connectivity index (χ1n) is 5.88. The molecule has 1 nitrogen and oxygen atoms in total. The molecule has 2 N–H and O–H groups in total. The van der Waals surface area contributed by atoms with E-state index in [9.17, 15) is 0 Å². The molecule has 0 aromatic heterocycles. The minimum absolute atomic E-state index is 1.01. The van der Waals surface area contributed by atoms with Crippen molar-refractivity contribution in [3.63, 3.8) is 0 Å². The van der Waals surface area contributed by atoms with E-state index in [-0.39, 0.29) is 0 Å². The Hall–Kier alpha value is -1.24. The van der Waals surface area contributed by atoms with Crippen molar-refractivity contribution in [2.45, 2.75) is 39.0 Å². The van der Waals surface area contributed by atoms with Crippen LogP contribution in [0.1, 0.15) is 43.7 Å². The van der Waals surface area contributed by atoms with Crippen LogP contribution in [0.2, 0.25) is 0 Å². The summed E-state index contributed by atoms with van der Waals surface area (Å²) in [6, 6.07) is 8.74. The average Bonchev–Trinajstić information content (AvgIpc) is 3.10. The third-order valence-corrected chi connectivity index (χ3v) is 2.96. The van der Waals surface area contributed by atoms with E-state index in [2.05, 4.69) is 31.2 Å². The van der Waals surface area contributed by atoms with Gasteiger partial charge in [0.15, 0.2) is 0 Å². The van der Waals surface area contributed by atoms with Gasteiger partial charge >= 0.3 is 0 Å². The van der Waals surface area contributed by atoms with E-state index in [1.807, 2.05) is 0 Å². The molecule has 1 aliphatic carbocycles. The lowest BCUT2D eigenvalue weighted by molar-refractivity contribution is 0.795. The quantitative estimate of drug-likeness (QED) is 0.792. The number of allylic oxidation sites excluding steroid dienone is 1. The lowest BCUT2D eigenvalue weighted by atomic mass is 10.0. The van der Waals surface area contributed by atoms with Gasteiger partial charge in [-0.15, -0.1) is 0 Å². The summed E-state index contributed by atoms with van der Waals surface area (Å²) in [6.07, 6.45) is 6.12. The molecule has 1 fully saturated rings. The van der Waals surface area contributed by atoms with Crippen molar-refractivity contribution in [2.75, 3.05) is 0 Å². The van der Waals surface area contributed by atoms with Crippen molar-refractivity contribution in [3.05, 3.63) is 41.0 Å². The molecular weight excluding hydrogens is 182 g/mol. The molecule has 1 heteroatoms. The lowest BCUT2D eigenvalue weighted by Crippen LogP contribution is -1.96. The topological polar surface area (TPSA) is 26.0 Å². The number of benzene rings is 1. The van der Waals surface area contributed by atoms with Gasteiger partial charge in [-0.2, -0.15) is 0 Å². The molecule has 1 aliphatic rings. The molecule has 80 valence electrons. The van der Waals surface area contributed by atoms with E-state index in [0.29, 0.717) is 0 Å². The Kier molecular flexibility index (Phi) is 3.10. The second-order valence-corrected chi connectivity index (χ2v) is 4.32. The molecule has 0 radical (unpaired) electrons. The molecule has 0 atom stereocenters. The number of rotatable bonds is 4. The van der Waals surface area contributed by atoms with Gasteiger partial charge in [0.05, 0.1) is 0 Å². The van der Waals surface area contributed by atoms with Crippen molar-refractivity contribution in [1.82, 2.24) is 0 Å². The molecule has 1 aromatic rings. The maximum Gasteiger partial charge on any atom is 0.0379 e. The summed E-state index contributed by atoms with van der Waals surface area (Å²) in [6.45, 7) is 2.23. The van der Waals surface area contributed by atoms with E-state index in [1.54, 1.807) is 0 Å². The Morgan fingerprint density at radius 2 is 1.87 bits per heavy atom. The summed E-state index contributed by atoms with van der Waals surface area (Å²) in [5.41, 5.74) is 11.1. The first-order valence-corrected chi connectivity index (χ1v) is 5.88. The Labute approximate surface area is 92.0 Å². The van der Waals surface area contributed by atoms with Crippen LogP contribution in [0.4, 0.5) is 0 Å². The number of hydrogen-bond donors (Lipinski definition) is 1. The number of hydrogen-bond acceptors (Lipinski definition) is 1. The third kappa shape index (κ3) is 2.62. The highest BCUT2D eigenvalue weighted by Gasteiger charge is 2.16. The molecule has 0 heterocycles. The Morgan fingerprint density at radius 3 is 2.40 bits per heavy atom. The number of aryl methyl sites for hydroxylation is 1. The zero-order valence-electron chi connectivity index (χ0n) is 9.42. The van der Waals surface area contributed by atoms with Gasteiger partial charge in [-0.1, -0.05) is 37.6 Å². The van der Waals surface area contributed by atoms with Gasteiger partial charge in [-0.05, 0) is 42.4 Å². The van der Waals surface area contributed by atoms with Gasteiger partial charge in [0, 0.05) is 5.70 Å². The summed E-state index contributed by atoms with van der Waals surface area (Å²) < 4.78 is 0. The van der Waals surface area contributed by atoms with Crippen molar-refractivity contribution >= 4 is 5.70 Å². The Bertz CT molecular complexity index is 353. The van der Waals surface area contributed by atoms with Crippen LogP contribution in [-0.4, -0.2) is 0 Å². The second-order valence-electron chi connectivity index (χ2n) is 4.32. The highest BCUT2D eigenvalue weighted by Crippen LogP contribution is 2.33. The molecule has 15 heavy (non-hydrogen) atoms. The number of unbranched alkanes of at least 4 members (excludes halogenated alkanes) is 1. The summed E-state index contributed by atoms with van der Waals surface area (Å²) in [5, 5.41) is 0. The van der Waals surface area contributed by atoms with Crippen LogP contribution in [0.3, 0.4) is 0 Å². The Balaban J connectivity index is 2.07. The fourth-order valence-electron chi connectivity index (χ4n) is 1.77. The average molecular weight is 201 g/mol. The first kappa shape index (κ1) is 10.3. The molecule has 0 aliphatic heterocycles. The predicted octanol–water partition coefficient (Wildman–Crippen LogP) is 3.49. The second kappa shape index (κ2) is 4.52. The van der Waals surface area contributed by atoms with E-state index in [1.165, 1.54) is 48.8 Å². The van der Waals surface area contributed by atoms with Gasteiger partial charge in [0.2, 0.25) is 0 Å². The van der Waals surface area contributed by atoms with Crippen LogP contribution in [0.25, 0.3) is 5.70 Å². The van der Waals surface area contributed by atoms with Gasteiger partial charge < -0.3 is 5.73 Å². The molecule has 0 unspecified atom stereocenters. The fourth-order valence-corrected chi connectivity index (χ4v) is 1.77. The van der Waals surface area contributed by atoms with Crippen molar-refractivity contribution in [2.24, 2.45) is 5.73 Å². The zero-order valence-corrected chi connectivity index (χ0v) is 9.42. The molecule has 1 saturated carbocycles. The van der Waals surface area contributed by atoms with Crippen LogP contribution < -0.4 is 5.73 Å². The minimum atomic E-state index is 1.01. The molecule has 0 saturated heterocycles. The van der Waals surface area contributed by atoms with Gasteiger partial charge in [0.25, 0.3) is 0 Å². The van der Waals surface area contributed by atoms with E-state index in [4.69, 9.17) is 5.73 Å². The minimum Gasteiger partial charge on any atom is -0.398 e. The SMILES string of the molecule is CCCCc1ccc(C(N)=C2CC2)cc1.